The van der Waals surface area contributed by atoms with Crippen molar-refractivity contribution in [2.75, 3.05) is 49.6 Å². The number of nitrogens with zero attached hydrogens (tertiary/aromatic N) is 4. The van der Waals surface area contributed by atoms with Crippen molar-refractivity contribution >= 4 is 23.5 Å². The molecule has 1 saturated heterocycles. The molecule has 3 aliphatic rings. The molecule has 33 heavy (non-hydrogen) atoms. The van der Waals surface area contributed by atoms with E-state index in [9.17, 15) is 9.59 Å². The van der Waals surface area contributed by atoms with E-state index in [1.807, 2.05) is 4.90 Å². The van der Waals surface area contributed by atoms with Gasteiger partial charge in [-0.1, -0.05) is 6.07 Å². The summed E-state index contributed by atoms with van der Waals surface area (Å²) in [6.07, 6.45) is 6.80. The van der Waals surface area contributed by atoms with E-state index in [0.717, 1.165) is 24.8 Å². The zero-order valence-corrected chi connectivity index (χ0v) is 19.5. The molecule has 2 aromatic rings. The van der Waals surface area contributed by atoms with Gasteiger partial charge in [0.2, 0.25) is 0 Å². The Morgan fingerprint density at radius 1 is 1.03 bits per heavy atom. The van der Waals surface area contributed by atoms with Gasteiger partial charge in [-0.2, -0.15) is 0 Å². The van der Waals surface area contributed by atoms with Crippen LogP contribution in [0, 0.1) is 0 Å². The highest BCUT2D eigenvalue weighted by Crippen LogP contribution is 2.47. The summed E-state index contributed by atoms with van der Waals surface area (Å²) in [5.41, 5.74) is 4.16. The number of rotatable bonds is 6. The third kappa shape index (κ3) is 4.68. The second-order valence-corrected chi connectivity index (χ2v) is 9.31. The SMILES string of the molecule is CCOC(=O)N(C)c1ccc(C(=O)N2CCN(c3ncc(C4CC4)cc3C3CC3)CC2)cc1. The van der Waals surface area contributed by atoms with Crippen LogP contribution in [-0.4, -0.2) is 61.7 Å². The number of carbonyl (C=O) groups excluding carboxylic acids is 2. The standard InChI is InChI=1S/C26H32N4O3/c1-3-33-26(32)28(2)22-10-8-20(9-11-22)25(31)30-14-12-29(13-15-30)24-23(19-6-7-19)16-21(17-27-24)18-4-5-18/h8-11,16-19H,3-7,12-15H2,1-2H3. The van der Waals surface area contributed by atoms with E-state index in [1.54, 1.807) is 38.2 Å². The second-order valence-electron chi connectivity index (χ2n) is 9.31. The van der Waals surface area contributed by atoms with Gasteiger partial charge in [0.15, 0.2) is 0 Å². The minimum atomic E-state index is -0.406. The molecule has 0 atom stereocenters. The Morgan fingerprint density at radius 3 is 2.30 bits per heavy atom. The molecule has 0 radical (unpaired) electrons. The molecule has 2 heterocycles. The maximum absolute atomic E-state index is 13.1. The fourth-order valence-electron chi connectivity index (χ4n) is 4.55. The molecule has 1 aliphatic heterocycles. The Balaban J connectivity index is 1.21. The Morgan fingerprint density at radius 2 is 1.70 bits per heavy atom. The lowest BCUT2D eigenvalue weighted by Gasteiger charge is -2.36. The normalized spacial score (nSPS) is 18.2. The molecule has 2 aliphatic carbocycles. The molecule has 7 heteroatoms. The van der Waals surface area contributed by atoms with Gasteiger partial charge in [0.05, 0.1) is 6.61 Å². The van der Waals surface area contributed by atoms with Crippen LogP contribution in [0.5, 0.6) is 0 Å². The summed E-state index contributed by atoms with van der Waals surface area (Å²) in [6, 6.07) is 9.54. The molecule has 174 valence electrons. The number of anilines is 2. The zero-order chi connectivity index (χ0) is 22.9. The molecular formula is C26H32N4O3. The van der Waals surface area contributed by atoms with E-state index in [1.165, 1.54) is 41.7 Å². The molecule has 0 bridgehead atoms. The molecule has 7 nitrogen and oxygen atoms in total. The summed E-state index contributed by atoms with van der Waals surface area (Å²) in [5, 5.41) is 0. The van der Waals surface area contributed by atoms with Crippen molar-refractivity contribution in [2.45, 2.75) is 44.4 Å². The third-order valence-corrected chi connectivity index (χ3v) is 6.89. The average molecular weight is 449 g/mol. The Hall–Kier alpha value is -3.09. The molecule has 1 aromatic heterocycles. The maximum Gasteiger partial charge on any atom is 0.413 e. The van der Waals surface area contributed by atoms with Crippen molar-refractivity contribution in [3.05, 3.63) is 53.2 Å². The van der Waals surface area contributed by atoms with Gasteiger partial charge in [0, 0.05) is 50.7 Å². The van der Waals surface area contributed by atoms with E-state index in [0.29, 0.717) is 36.9 Å². The molecule has 0 spiro atoms. The van der Waals surface area contributed by atoms with Crippen LogP contribution >= 0.6 is 0 Å². The molecular weight excluding hydrogens is 416 g/mol. The lowest BCUT2D eigenvalue weighted by atomic mass is 10.1. The van der Waals surface area contributed by atoms with Gasteiger partial charge in [-0.3, -0.25) is 9.69 Å². The van der Waals surface area contributed by atoms with Crippen molar-refractivity contribution in [1.29, 1.82) is 0 Å². The summed E-state index contributed by atoms with van der Waals surface area (Å²) in [5.74, 6) is 2.54. The molecule has 0 unspecified atom stereocenters. The number of carbonyl (C=O) groups is 2. The number of aromatic nitrogens is 1. The number of pyridine rings is 1. The topological polar surface area (TPSA) is 66.0 Å². The Bertz CT molecular complexity index is 1020. The van der Waals surface area contributed by atoms with Crippen LogP contribution in [0.25, 0.3) is 0 Å². The van der Waals surface area contributed by atoms with Gasteiger partial charge >= 0.3 is 6.09 Å². The average Bonchev–Trinajstić information content (AvgIpc) is 3.76. The number of hydrogen-bond acceptors (Lipinski definition) is 5. The highest BCUT2D eigenvalue weighted by atomic mass is 16.6. The first-order valence-electron chi connectivity index (χ1n) is 12.1. The van der Waals surface area contributed by atoms with Crippen LogP contribution in [0.1, 0.15) is 65.9 Å². The second kappa shape index (κ2) is 9.04. The molecule has 3 fully saturated rings. The smallest absolute Gasteiger partial charge is 0.413 e. The van der Waals surface area contributed by atoms with E-state index >= 15 is 0 Å². The minimum absolute atomic E-state index is 0.0273. The number of hydrogen-bond donors (Lipinski definition) is 0. The van der Waals surface area contributed by atoms with Crippen molar-refractivity contribution in [2.24, 2.45) is 0 Å². The fourth-order valence-corrected chi connectivity index (χ4v) is 4.55. The highest BCUT2D eigenvalue weighted by molar-refractivity contribution is 5.95. The molecule has 0 N–H and O–H groups in total. The number of piperazine rings is 1. The van der Waals surface area contributed by atoms with Crippen LogP contribution in [0.2, 0.25) is 0 Å². The predicted octanol–water partition coefficient (Wildman–Crippen LogP) is 4.39. The Kier molecular flexibility index (Phi) is 5.96. The molecule has 2 amide bonds. The van der Waals surface area contributed by atoms with Crippen molar-refractivity contribution in [1.82, 2.24) is 9.88 Å². The van der Waals surface area contributed by atoms with E-state index in [-0.39, 0.29) is 5.91 Å². The summed E-state index contributed by atoms with van der Waals surface area (Å²) < 4.78 is 5.03. The monoisotopic (exact) mass is 448 g/mol. The van der Waals surface area contributed by atoms with Crippen molar-refractivity contribution in [3.63, 3.8) is 0 Å². The first kappa shape index (κ1) is 21.7. The predicted molar refractivity (Wildman–Crippen MR) is 128 cm³/mol. The lowest BCUT2D eigenvalue weighted by molar-refractivity contribution is 0.0746. The van der Waals surface area contributed by atoms with Crippen LogP contribution in [0.3, 0.4) is 0 Å². The van der Waals surface area contributed by atoms with Crippen molar-refractivity contribution < 1.29 is 14.3 Å². The lowest BCUT2D eigenvalue weighted by Crippen LogP contribution is -2.49. The zero-order valence-electron chi connectivity index (χ0n) is 19.5. The fraction of sp³-hybridized carbons (Fsp3) is 0.500. The van der Waals surface area contributed by atoms with Gasteiger partial charge in [-0.15, -0.1) is 0 Å². The van der Waals surface area contributed by atoms with Crippen LogP contribution in [0.4, 0.5) is 16.3 Å². The third-order valence-electron chi connectivity index (χ3n) is 6.89. The quantitative estimate of drug-likeness (QED) is 0.656. The number of amides is 2. The largest absolute Gasteiger partial charge is 0.449 e. The number of benzene rings is 1. The van der Waals surface area contributed by atoms with E-state index < -0.39 is 6.09 Å². The summed E-state index contributed by atoms with van der Waals surface area (Å²) in [7, 11) is 1.66. The van der Waals surface area contributed by atoms with Crippen LogP contribution in [-0.2, 0) is 4.74 Å². The number of ether oxygens (including phenoxy) is 1. The van der Waals surface area contributed by atoms with Gasteiger partial charge < -0.3 is 14.5 Å². The Labute approximate surface area is 195 Å². The van der Waals surface area contributed by atoms with E-state index in [2.05, 4.69) is 17.2 Å². The van der Waals surface area contributed by atoms with Crippen molar-refractivity contribution in [3.8, 4) is 0 Å². The maximum atomic E-state index is 13.1. The van der Waals surface area contributed by atoms with Crippen LogP contribution in [0.15, 0.2) is 36.5 Å². The van der Waals surface area contributed by atoms with Gasteiger partial charge in [-0.05, 0) is 79.8 Å². The van der Waals surface area contributed by atoms with Gasteiger partial charge in [0.1, 0.15) is 5.82 Å². The molecule has 2 saturated carbocycles. The molecule has 1 aromatic carbocycles. The first-order valence-corrected chi connectivity index (χ1v) is 12.1. The van der Waals surface area contributed by atoms with E-state index in [4.69, 9.17) is 9.72 Å². The minimum Gasteiger partial charge on any atom is -0.449 e. The first-order chi connectivity index (χ1) is 16.0. The highest BCUT2D eigenvalue weighted by Gasteiger charge is 2.33. The summed E-state index contributed by atoms with van der Waals surface area (Å²) >= 11 is 0. The molecule has 5 rings (SSSR count). The van der Waals surface area contributed by atoms with Gasteiger partial charge in [0.25, 0.3) is 5.91 Å². The van der Waals surface area contributed by atoms with Gasteiger partial charge in [-0.25, -0.2) is 9.78 Å². The summed E-state index contributed by atoms with van der Waals surface area (Å²) in [4.78, 5) is 35.6. The summed E-state index contributed by atoms with van der Waals surface area (Å²) in [6.45, 7) is 5.06. The van der Waals surface area contributed by atoms with Crippen LogP contribution < -0.4 is 9.80 Å².